The third-order valence-corrected chi connectivity index (χ3v) is 3.24. The molecule has 0 bridgehead atoms. The molecule has 1 atom stereocenters. The van der Waals surface area contributed by atoms with Crippen molar-refractivity contribution >= 4 is 17.5 Å². The molecule has 1 heterocycles. The first-order chi connectivity index (χ1) is 5.20. The van der Waals surface area contributed by atoms with Gasteiger partial charge in [0, 0.05) is 11.7 Å². The summed E-state index contributed by atoms with van der Waals surface area (Å²) in [7, 11) is 0. The maximum atomic E-state index is 11.2. The van der Waals surface area contributed by atoms with Crippen LogP contribution >= 0.6 is 11.8 Å². The number of carbonyl (C=O) groups excluding carboxylic acids is 1. The normalized spacial score (nSPS) is 25.0. The summed E-state index contributed by atoms with van der Waals surface area (Å²) in [5.41, 5.74) is 0. The first-order valence-corrected chi connectivity index (χ1v) is 5.46. The van der Waals surface area contributed by atoms with Gasteiger partial charge in [-0.15, -0.1) is 0 Å². The topological polar surface area (TPSA) is 17.1 Å². The van der Waals surface area contributed by atoms with Gasteiger partial charge < -0.3 is 0 Å². The Balaban J connectivity index is 2.20. The Hall–Kier alpha value is 0.0200. The van der Waals surface area contributed by atoms with Gasteiger partial charge in [-0.3, -0.25) is 4.79 Å². The fourth-order valence-corrected chi connectivity index (χ4v) is 2.48. The molecule has 1 aliphatic heterocycles. The first-order valence-electron chi connectivity index (χ1n) is 4.30. The van der Waals surface area contributed by atoms with Crippen LogP contribution in [0.15, 0.2) is 0 Å². The number of hydrogen-bond acceptors (Lipinski definition) is 2. The Bertz CT molecular complexity index is 142. The van der Waals surface area contributed by atoms with Gasteiger partial charge in [0.25, 0.3) is 0 Å². The summed E-state index contributed by atoms with van der Waals surface area (Å²) < 4.78 is 0. The molecule has 1 fully saturated rings. The second-order valence-electron chi connectivity index (χ2n) is 3.65. The Kier molecular flexibility index (Phi) is 3.44. The molecule has 0 aromatic heterocycles. The Morgan fingerprint density at radius 1 is 1.64 bits per heavy atom. The molecule has 0 spiro atoms. The molecule has 0 aliphatic carbocycles. The molecular weight excluding hydrogens is 156 g/mol. The number of carbonyl (C=O) groups is 1. The molecule has 64 valence electrons. The van der Waals surface area contributed by atoms with E-state index in [2.05, 4.69) is 13.8 Å². The summed E-state index contributed by atoms with van der Waals surface area (Å²) in [6.45, 7) is 4.43. The maximum absolute atomic E-state index is 11.2. The minimum absolute atomic E-state index is 0.391. The molecule has 0 aromatic carbocycles. The monoisotopic (exact) mass is 172 g/mol. The predicted octanol–water partition coefficient (Wildman–Crippen LogP) is 2.35. The largest absolute Gasteiger partial charge is 0.298 e. The van der Waals surface area contributed by atoms with E-state index in [9.17, 15) is 4.79 Å². The summed E-state index contributed by atoms with van der Waals surface area (Å²) in [5, 5.41) is 0. The quantitative estimate of drug-likeness (QED) is 0.650. The van der Waals surface area contributed by atoms with Crippen LogP contribution in [0.3, 0.4) is 0 Å². The van der Waals surface area contributed by atoms with E-state index >= 15 is 0 Å². The van der Waals surface area contributed by atoms with E-state index in [-0.39, 0.29) is 0 Å². The highest BCUT2D eigenvalue weighted by Crippen LogP contribution is 2.25. The first kappa shape index (κ1) is 9.11. The van der Waals surface area contributed by atoms with Crippen LogP contribution in [0.4, 0.5) is 0 Å². The number of ketones is 1. The van der Waals surface area contributed by atoms with E-state index in [0.29, 0.717) is 11.7 Å². The van der Waals surface area contributed by atoms with E-state index in [0.717, 1.165) is 23.8 Å². The molecule has 0 N–H and O–H groups in total. The van der Waals surface area contributed by atoms with Gasteiger partial charge in [0.05, 0.1) is 5.75 Å². The second-order valence-corrected chi connectivity index (χ2v) is 4.68. The fourth-order valence-electron chi connectivity index (χ4n) is 1.29. The fraction of sp³-hybridized carbons (Fsp3) is 0.889. The summed E-state index contributed by atoms with van der Waals surface area (Å²) in [5.74, 6) is 3.46. The van der Waals surface area contributed by atoms with Crippen LogP contribution in [0, 0.1) is 11.8 Å². The Morgan fingerprint density at radius 2 is 2.36 bits per heavy atom. The number of hydrogen-bond donors (Lipinski definition) is 0. The van der Waals surface area contributed by atoms with Crippen molar-refractivity contribution in [1.29, 1.82) is 0 Å². The van der Waals surface area contributed by atoms with Crippen molar-refractivity contribution < 1.29 is 4.79 Å². The van der Waals surface area contributed by atoms with Gasteiger partial charge in [-0.25, -0.2) is 0 Å². The van der Waals surface area contributed by atoms with Crippen molar-refractivity contribution in [2.45, 2.75) is 26.7 Å². The maximum Gasteiger partial charge on any atom is 0.146 e. The van der Waals surface area contributed by atoms with E-state index in [1.165, 1.54) is 6.42 Å². The highest BCUT2D eigenvalue weighted by Gasteiger charge is 2.24. The molecule has 0 radical (unpaired) electrons. The zero-order chi connectivity index (χ0) is 8.27. The minimum Gasteiger partial charge on any atom is -0.298 e. The van der Waals surface area contributed by atoms with Crippen molar-refractivity contribution in [2.24, 2.45) is 11.8 Å². The minimum atomic E-state index is 0.391. The number of thioether (sulfide) groups is 1. The van der Waals surface area contributed by atoms with Gasteiger partial charge in [0.1, 0.15) is 5.78 Å². The zero-order valence-electron chi connectivity index (χ0n) is 7.30. The Labute approximate surface area is 72.9 Å². The standard InChI is InChI=1S/C9H16OS/c1-7(2)3-4-8-5-11-6-9(8)10/h7-8H,3-6H2,1-2H3. The average Bonchev–Trinajstić information content (AvgIpc) is 2.31. The predicted molar refractivity (Wildman–Crippen MR) is 49.9 cm³/mol. The van der Waals surface area contributed by atoms with Crippen LogP contribution in [0.25, 0.3) is 0 Å². The smallest absolute Gasteiger partial charge is 0.146 e. The lowest BCUT2D eigenvalue weighted by atomic mass is 9.97. The van der Waals surface area contributed by atoms with Crippen molar-refractivity contribution in [3.05, 3.63) is 0 Å². The summed E-state index contributed by atoms with van der Waals surface area (Å²) in [6, 6.07) is 0. The van der Waals surface area contributed by atoms with Crippen LogP contribution in [0.2, 0.25) is 0 Å². The van der Waals surface area contributed by atoms with E-state index < -0.39 is 0 Å². The van der Waals surface area contributed by atoms with Crippen LogP contribution < -0.4 is 0 Å². The van der Waals surface area contributed by atoms with Gasteiger partial charge >= 0.3 is 0 Å². The van der Waals surface area contributed by atoms with Crippen molar-refractivity contribution in [1.82, 2.24) is 0 Å². The summed E-state index contributed by atoms with van der Waals surface area (Å²) in [6.07, 6.45) is 2.32. The summed E-state index contributed by atoms with van der Waals surface area (Å²) in [4.78, 5) is 11.2. The van der Waals surface area contributed by atoms with Crippen LogP contribution in [0.1, 0.15) is 26.7 Å². The third-order valence-electron chi connectivity index (χ3n) is 2.11. The molecule has 11 heavy (non-hydrogen) atoms. The van der Waals surface area contributed by atoms with Crippen molar-refractivity contribution in [2.75, 3.05) is 11.5 Å². The Morgan fingerprint density at radius 3 is 2.82 bits per heavy atom. The van der Waals surface area contributed by atoms with Gasteiger partial charge in [-0.05, 0) is 12.3 Å². The molecule has 1 unspecified atom stereocenters. The van der Waals surface area contributed by atoms with Crippen LogP contribution in [-0.2, 0) is 4.79 Å². The average molecular weight is 172 g/mol. The zero-order valence-corrected chi connectivity index (χ0v) is 8.12. The van der Waals surface area contributed by atoms with Gasteiger partial charge in [0.15, 0.2) is 0 Å². The highest BCUT2D eigenvalue weighted by atomic mass is 32.2. The molecular formula is C9H16OS. The lowest BCUT2D eigenvalue weighted by Gasteiger charge is -2.08. The van der Waals surface area contributed by atoms with Crippen molar-refractivity contribution in [3.63, 3.8) is 0 Å². The molecule has 1 saturated heterocycles. The number of Topliss-reactive ketones (excluding diaryl/α,β-unsaturated/α-hetero) is 1. The van der Waals surface area contributed by atoms with Crippen molar-refractivity contribution in [3.8, 4) is 0 Å². The molecule has 1 aliphatic rings. The van der Waals surface area contributed by atoms with Gasteiger partial charge in [-0.2, -0.15) is 11.8 Å². The molecule has 1 nitrogen and oxygen atoms in total. The molecule has 2 heteroatoms. The SMILES string of the molecule is CC(C)CCC1CSCC1=O. The number of rotatable bonds is 3. The van der Waals surface area contributed by atoms with E-state index in [1.807, 2.05) is 0 Å². The molecule has 0 saturated carbocycles. The summed E-state index contributed by atoms with van der Waals surface area (Å²) >= 11 is 1.79. The second kappa shape index (κ2) is 4.15. The third kappa shape index (κ3) is 2.86. The lowest BCUT2D eigenvalue weighted by molar-refractivity contribution is -0.119. The van der Waals surface area contributed by atoms with Gasteiger partial charge in [-0.1, -0.05) is 20.3 Å². The van der Waals surface area contributed by atoms with E-state index in [4.69, 9.17) is 0 Å². The van der Waals surface area contributed by atoms with Crippen LogP contribution in [-0.4, -0.2) is 17.3 Å². The lowest BCUT2D eigenvalue weighted by Crippen LogP contribution is -2.11. The van der Waals surface area contributed by atoms with Crippen LogP contribution in [0.5, 0.6) is 0 Å². The molecule has 1 rings (SSSR count). The highest BCUT2D eigenvalue weighted by molar-refractivity contribution is 8.00. The molecule has 0 aromatic rings. The molecule has 0 amide bonds. The van der Waals surface area contributed by atoms with E-state index in [1.54, 1.807) is 11.8 Å². The van der Waals surface area contributed by atoms with Gasteiger partial charge in [0.2, 0.25) is 0 Å².